The number of hydrogen-bond donors (Lipinski definition) is 0. The summed E-state index contributed by atoms with van der Waals surface area (Å²) in [6.07, 6.45) is -10.3. The van der Waals surface area contributed by atoms with Gasteiger partial charge in [0.25, 0.3) is 0 Å². The second-order valence-corrected chi connectivity index (χ2v) is 20.8. The molecule has 10 atom stereocenters. The average molecular weight is 817 g/mol. The molecule has 4 rings (SSSR count). The first-order valence-corrected chi connectivity index (χ1v) is 19.7. The fourth-order valence-electron chi connectivity index (χ4n) is 6.21. The summed E-state index contributed by atoms with van der Waals surface area (Å²) in [6, 6.07) is 0. The maximum atomic E-state index is 13.7. The van der Waals surface area contributed by atoms with Crippen molar-refractivity contribution < 1.29 is 76.0 Å². The molecule has 4 aliphatic rings. The molecule has 16 heteroatoms. The van der Waals surface area contributed by atoms with Crippen molar-refractivity contribution in [2.45, 2.75) is 203 Å². The smallest absolute Gasteiger partial charge is 0.311 e. The fourth-order valence-corrected chi connectivity index (χ4v) is 6.21. The Morgan fingerprint density at radius 3 is 1.44 bits per heavy atom. The minimum Gasteiger partial charge on any atom is -0.462 e. The van der Waals surface area contributed by atoms with Crippen molar-refractivity contribution in [1.29, 1.82) is 0 Å². The normalized spacial score (nSPS) is 32.8. The van der Waals surface area contributed by atoms with E-state index in [1.165, 1.54) is 0 Å². The molecule has 16 nitrogen and oxygen atoms in total. The lowest BCUT2D eigenvalue weighted by Crippen LogP contribution is -2.65. The Bertz CT molecular complexity index is 1470. The van der Waals surface area contributed by atoms with E-state index in [4.69, 9.17) is 56.8 Å². The number of fused-ring (bicyclic) bond motifs is 3. The van der Waals surface area contributed by atoms with Crippen molar-refractivity contribution in [3.63, 3.8) is 0 Å². The summed E-state index contributed by atoms with van der Waals surface area (Å²) in [5.74, 6) is -5.98. The van der Waals surface area contributed by atoms with Gasteiger partial charge in [-0.3, -0.25) is 19.2 Å². The van der Waals surface area contributed by atoms with Crippen LogP contribution in [-0.4, -0.2) is 116 Å². The van der Waals surface area contributed by atoms with E-state index in [9.17, 15) is 19.2 Å². The molecule has 0 radical (unpaired) electrons. The second-order valence-electron chi connectivity index (χ2n) is 20.8. The molecule has 0 bridgehead atoms. The van der Waals surface area contributed by atoms with Gasteiger partial charge in [-0.1, -0.05) is 0 Å². The third-order valence-electron chi connectivity index (χ3n) is 9.39. The molecule has 4 saturated heterocycles. The summed E-state index contributed by atoms with van der Waals surface area (Å²) in [6.45, 7) is 29.8. The Kier molecular flexibility index (Phi) is 13.4. The van der Waals surface area contributed by atoms with Crippen LogP contribution in [0.3, 0.4) is 0 Å². The highest BCUT2D eigenvalue weighted by Gasteiger charge is 2.61. The van der Waals surface area contributed by atoms with Gasteiger partial charge in [0.05, 0.1) is 28.3 Å². The second kappa shape index (κ2) is 16.2. The molecule has 0 aliphatic carbocycles. The van der Waals surface area contributed by atoms with Crippen LogP contribution in [0.25, 0.3) is 0 Å². The lowest BCUT2D eigenvalue weighted by atomic mass is 9.93. The third-order valence-corrected chi connectivity index (χ3v) is 9.39. The summed E-state index contributed by atoms with van der Waals surface area (Å²) < 4.78 is 74.3. The summed E-state index contributed by atoms with van der Waals surface area (Å²) >= 11 is 0. The minimum absolute atomic E-state index is 0.0827. The molecule has 0 N–H and O–H groups in total. The van der Waals surface area contributed by atoms with E-state index < -0.39 is 131 Å². The molecule has 4 fully saturated rings. The molecule has 0 aromatic heterocycles. The highest BCUT2D eigenvalue weighted by atomic mass is 16.9. The van der Waals surface area contributed by atoms with E-state index in [-0.39, 0.29) is 6.61 Å². The lowest BCUT2D eigenvalue weighted by molar-refractivity contribution is -0.369. The fraction of sp³-hybridized carbons (Fsp3) is 0.902. The highest BCUT2D eigenvalue weighted by Crippen LogP contribution is 2.45. The van der Waals surface area contributed by atoms with Crippen LogP contribution in [0.4, 0.5) is 0 Å². The number of carbonyl (C=O) groups is 4. The third kappa shape index (κ3) is 11.9. The predicted octanol–water partition coefficient (Wildman–Crippen LogP) is 5.34. The first kappa shape index (κ1) is 47.2. The van der Waals surface area contributed by atoms with E-state index in [1.807, 2.05) is 0 Å². The molecular formula is C41H68O16. The van der Waals surface area contributed by atoms with Gasteiger partial charge in [-0.25, -0.2) is 0 Å². The molecule has 0 saturated carbocycles. The van der Waals surface area contributed by atoms with Crippen molar-refractivity contribution in [3.8, 4) is 0 Å². The zero-order valence-electron chi connectivity index (χ0n) is 37.2. The molecule has 0 aromatic carbocycles. The van der Waals surface area contributed by atoms with Crippen LogP contribution in [-0.2, 0) is 76.0 Å². The van der Waals surface area contributed by atoms with Gasteiger partial charge in [-0.2, -0.15) is 0 Å². The van der Waals surface area contributed by atoms with Crippen LogP contribution in [0.15, 0.2) is 0 Å². The molecule has 57 heavy (non-hydrogen) atoms. The average Bonchev–Trinajstić information content (AvgIpc) is 3.52. The Morgan fingerprint density at radius 2 is 0.930 bits per heavy atom. The van der Waals surface area contributed by atoms with Crippen LogP contribution in [0.1, 0.15) is 125 Å². The van der Waals surface area contributed by atoms with Crippen molar-refractivity contribution in [3.05, 3.63) is 0 Å². The summed E-state index contributed by atoms with van der Waals surface area (Å²) in [5.41, 5.74) is -3.98. The van der Waals surface area contributed by atoms with E-state index in [2.05, 4.69) is 0 Å². The van der Waals surface area contributed by atoms with Gasteiger partial charge in [0.2, 0.25) is 6.29 Å². The first-order chi connectivity index (χ1) is 25.6. The predicted molar refractivity (Wildman–Crippen MR) is 201 cm³/mol. The van der Waals surface area contributed by atoms with Gasteiger partial charge in [-0.05, 0) is 125 Å². The quantitative estimate of drug-likeness (QED) is 0.157. The van der Waals surface area contributed by atoms with E-state index >= 15 is 0 Å². The Labute approximate surface area is 337 Å². The molecule has 4 heterocycles. The Balaban J connectivity index is 1.71. The molecular weight excluding hydrogens is 748 g/mol. The van der Waals surface area contributed by atoms with Crippen molar-refractivity contribution >= 4 is 23.9 Å². The van der Waals surface area contributed by atoms with Gasteiger partial charge in [0.1, 0.15) is 37.1 Å². The maximum absolute atomic E-state index is 13.7. The van der Waals surface area contributed by atoms with Crippen LogP contribution >= 0.6 is 0 Å². The van der Waals surface area contributed by atoms with E-state index in [1.54, 1.807) is 125 Å². The van der Waals surface area contributed by atoms with Gasteiger partial charge >= 0.3 is 23.9 Å². The first-order valence-electron chi connectivity index (χ1n) is 19.7. The SMILES string of the molecule is CC(C)(OC[C@H]1O[C@@H]2OC(C)(C)O[C@@H]2[C@H]2OC(C)(C)O[C@H]21)O[C@@H]1O[C@H](COC(=O)C(C)(C)C)[C@@H](OC(=O)C(C)(C)C)[C@H](OC(=O)C(C)(C)C)[C@H]1OC(=O)C(C)(C)C. The molecule has 0 spiro atoms. The van der Waals surface area contributed by atoms with Crippen molar-refractivity contribution in [2.24, 2.45) is 21.7 Å². The summed E-state index contributed by atoms with van der Waals surface area (Å²) in [5, 5.41) is 0. The molecule has 0 amide bonds. The Morgan fingerprint density at radius 1 is 0.491 bits per heavy atom. The van der Waals surface area contributed by atoms with Crippen molar-refractivity contribution in [1.82, 2.24) is 0 Å². The minimum atomic E-state index is -1.52. The van der Waals surface area contributed by atoms with Crippen LogP contribution in [0, 0.1) is 21.7 Å². The monoisotopic (exact) mass is 816 g/mol. The van der Waals surface area contributed by atoms with Gasteiger partial charge < -0.3 is 56.8 Å². The number of carbonyl (C=O) groups excluding carboxylic acids is 4. The molecule has 328 valence electrons. The van der Waals surface area contributed by atoms with E-state index in [0.717, 1.165) is 0 Å². The number of hydrogen-bond acceptors (Lipinski definition) is 16. The molecule has 4 aliphatic heterocycles. The molecule has 0 aromatic rings. The van der Waals surface area contributed by atoms with Gasteiger partial charge in [0.15, 0.2) is 42.0 Å². The zero-order valence-corrected chi connectivity index (χ0v) is 37.2. The summed E-state index contributed by atoms with van der Waals surface area (Å²) in [7, 11) is 0. The van der Waals surface area contributed by atoms with Crippen LogP contribution < -0.4 is 0 Å². The number of ether oxygens (including phenoxy) is 12. The number of rotatable bonds is 10. The van der Waals surface area contributed by atoms with Crippen molar-refractivity contribution in [2.75, 3.05) is 13.2 Å². The summed E-state index contributed by atoms with van der Waals surface area (Å²) in [4.78, 5) is 53.9. The lowest BCUT2D eigenvalue weighted by Gasteiger charge is -2.47. The largest absolute Gasteiger partial charge is 0.462 e. The number of esters is 4. The van der Waals surface area contributed by atoms with Gasteiger partial charge in [0, 0.05) is 0 Å². The van der Waals surface area contributed by atoms with Crippen LogP contribution in [0.5, 0.6) is 0 Å². The standard InChI is InChI=1S/C41H68O16/c1-35(2,3)31(42)46-19-21-23(50-32(43)36(4,5)6)25(51-33(44)37(7,8)9)27(52-34(45)38(10,11)12)29(48-21)56-39(13,14)47-20-22-24-26(54-40(15,16)53-24)28-30(49-22)57-41(17,18)55-28/h21-30H,19-20H2,1-18H3/t21-,22-,23-,24+,25+,26+,27-,28-,29+,30-/m1/s1. The van der Waals surface area contributed by atoms with Crippen LogP contribution in [0.2, 0.25) is 0 Å². The van der Waals surface area contributed by atoms with Gasteiger partial charge in [-0.15, -0.1) is 0 Å². The molecule has 0 unspecified atom stereocenters. The highest BCUT2D eigenvalue weighted by molar-refractivity contribution is 5.78. The van der Waals surface area contributed by atoms with E-state index in [0.29, 0.717) is 0 Å². The topological polar surface area (TPSA) is 179 Å². The Hall–Kier alpha value is -2.44. The zero-order chi connectivity index (χ0) is 43.5. The maximum Gasteiger partial charge on any atom is 0.311 e.